The zero-order valence-electron chi connectivity index (χ0n) is 11.0. The summed E-state index contributed by atoms with van der Waals surface area (Å²) in [5, 5.41) is 0.243. The molecule has 0 amide bonds. The standard InChI is InChI=1S/C8H9NOS.C5H11NOS/c9-8(11)10-6-7-4-2-1-3-5-7;1-2-3-4-7-5(6)8/h1-5H,6H2,(H2,9,11);2-4H2,1H3,(H2,6,8). The highest BCUT2D eigenvalue weighted by molar-refractivity contribution is 7.80. The van der Waals surface area contributed by atoms with Crippen molar-refractivity contribution in [3.05, 3.63) is 35.9 Å². The van der Waals surface area contributed by atoms with E-state index in [0.717, 1.165) is 18.4 Å². The van der Waals surface area contributed by atoms with Crippen molar-refractivity contribution in [2.24, 2.45) is 11.5 Å². The molecule has 19 heavy (non-hydrogen) atoms. The Morgan fingerprint density at radius 2 is 1.63 bits per heavy atom. The number of hydrogen-bond acceptors (Lipinski definition) is 4. The maximum absolute atomic E-state index is 5.15. The number of thiocarbonyl (C=S) groups is 2. The molecule has 0 fully saturated rings. The molecule has 0 unspecified atom stereocenters. The quantitative estimate of drug-likeness (QED) is 0.643. The molecule has 0 aliphatic heterocycles. The van der Waals surface area contributed by atoms with E-state index in [1.165, 1.54) is 0 Å². The molecule has 0 saturated heterocycles. The molecule has 0 heterocycles. The van der Waals surface area contributed by atoms with Gasteiger partial charge in [-0.15, -0.1) is 0 Å². The highest BCUT2D eigenvalue weighted by atomic mass is 32.1. The maximum Gasteiger partial charge on any atom is 0.254 e. The summed E-state index contributed by atoms with van der Waals surface area (Å²) in [4.78, 5) is 0. The minimum Gasteiger partial charge on any atom is -0.471 e. The van der Waals surface area contributed by atoms with Gasteiger partial charge in [-0.25, -0.2) is 0 Å². The van der Waals surface area contributed by atoms with Crippen LogP contribution in [0.5, 0.6) is 0 Å². The zero-order chi connectivity index (χ0) is 14.5. The van der Waals surface area contributed by atoms with Crippen LogP contribution in [-0.2, 0) is 16.1 Å². The Bertz CT molecular complexity index is 372. The van der Waals surface area contributed by atoms with E-state index in [1.54, 1.807) is 0 Å². The van der Waals surface area contributed by atoms with Crippen LogP contribution in [-0.4, -0.2) is 17.0 Å². The van der Waals surface area contributed by atoms with Crippen LogP contribution in [0.1, 0.15) is 25.3 Å². The van der Waals surface area contributed by atoms with Gasteiger partial charge in [-0.05, 0) is 36.4 Å². The predicted octanol–water partition coefficient (Wildman–Crippen LogP) is 2.49. The summed E-state index contributed by atoms with van der Waals surface area (Å²) in [5.74, 6) is 0. The maximum atomic E-state index is 5.15. The van der Waals surface area contributed by atoms with Crippen LogP contribution in [0.15, 0.2) is 30.3 Å². The van der Waals surface area contributed by atoms with Crippen LogP contribution in [0.4, 0.5) is 0 Å². The third kappa shape index (κ3) is 12.8. The average molecular weight is 300 g/mol. The van der Waals surface area contributed by atoms with E-state index < -0.39 is 0 Å². The van der Waals surface area contributed by atoms with E-state index in [-0.39, 0.29) is 10.3 Å². The fraction of sp³-hybridized carbons (Fsp3) is 0.385. The number of nitrogens with two attached hydrogens (primary N) is 2. The van der Waals surface area contributed by atoms with Crippen LogP contribution in [0, 0.1) is 0 Å². The second kappa shape index (κ2) is 11.7. The van der Waals surface area contributed by atoms with Gasteiger partial charge in [-0.2, -0.15) is 0 Å². The van der Waals surface area contributed by atoms with Gasteiger partial charge in [-0.1, -0.05) is 43.7 Å². The zero-order valence-corrected chi connectivity index (χ0v) is 12.6. The lowest BCUT2D eigenvalue weighted by Gasteiger charge is -2.01. The lowest BCUT2D eigenvalue weighted by Crippen LogP contribution is -2.12. The summed E-state index contributed by atoms with van der Waals surface area (Å²) in [6.07, 6.45) is 2.14. The Kier molecular flexibility index (Phi) is 10.8. The summed E-state index contributed by atoms with van der Waals surface area (Å²) < 4.78 is 9.73. The van der Waals surface area contributed by atoms with Gasteiger partial charge in [0.15, 0.2) is 0 Å². The topological polar surface area (TPSA) is 70.5 Å². The van der Waals surface area contributed by atoms with Gasteiger partial charge in [0, 0.05) is 0 Å². The van der Waals surface area contributed by atoms with Gasteiger partial charge in [0.25, 0.3) is 10.3 Å². The van der Waals surface area contributed by atoms with Crippen LogP contribution >= 0.6 is 24.4 Å². The number of benzene rings is 1. The molecule has 4 nitrogen and oxygen atoms in total. The number of rotatable bonds is 5. The molecule has 0 radical (unpaired) electrons. The Morgan fingerprint density at radius 1 is 1.05 bits per heavy atom. The molecular weight excluding hydrogens is 280 g/mol. The van der Waals surface area contributed by atoms with Crippen LogP contribution in [0.2, 0.25) is 0 Å². The van der Waals surface area contributed by atoms with E-state index in [1.807, 2.05) is 30.3 Å². The van der Waals surface area contributed by atoms with Gasteiger partial charge in [0.1, 0.15) is 6.61 Å². The van der Waals surface area contributed by atoms with Crippen LogP contribution in [0.25, 0.3) is 0 Å². The smallest absolute Gasteiger partial charge is 0.254 e. The fourth-order valence-corrected chi connectivity index (χ4v) is 1.19. The van der Waals surface area contributed by atoms with Crippen molar-refractivity contribution in [2.45, 2.75) is 26.4 Å². The number of unbranched alkanes of at least 4 members (excludes halogenated alkanes) is 1. The van der Waals surface area contributed by atoms with E-state index >= 15 is 0 Å². The normalized spacial score (nSPS) is 8.89. The second-order valence-electron chi connectivity index (χ2n) is 3.61. The van der Waals surface area contributed by atoms with E-state index in [4.69, 9.17) is 20.9 Å². The lowest BCUT2D eigenvalue weighted by atomic mass is 10.2. The van der Waals surface area contributed by atoms with E-state index in [0.29, 0.717) is 13.2 Å². The third-order valence-corrected chi connectivity index (χ3v) is 2.20. The predicted molar refractivity (Wildman–Crippen MR) is 85.7 cm³/mol. The van der Waals surface area contributed by atoms with E-state index in [9.17, 15) is 0 Å². The molecule has 0 aliphatic rings. The first-order valence-corrected chi connectivity index (χ1v) is 6.76. The van der Waals surface area contributed by atoms with Crippen molar-refractivity contribution in [3.63, 3.8) is 0 Å². The molecule has 0 spiro atoms. The molecule has 1 aromatic rings. The highest BCUT2D eigenvalue weighted by Crippen LogP contribution is 1.99. The average Bonchev–Trinajstić information content (AvgIpc) is 2.38. The van der Waals surface area contributed by atoms with Crippen molar-refractivity contribution in [3.8, 4) is 0 Å². The largest absolute Gasteiger partial charge is 0.471 e. The molecule has 0 bridgehead atoms. The molecule has 0 saturated carbocycles. The van der Waals surface area contributed by atoms with Crippen LogP contribution < -0.4 is 11.5 Å². The van der Waals surface area contributed by atoms with Crippen molar-refractivity contribution in [1.29, 1.82) is 0 Å². The molecule has 6 heteroatoms. The summed E-state index contributed by atoms with van der Waals surface area (Å²) in [6.45, 7) is 3.20. The van der Waals surface area contributed by atoms with Crippen LogP contribution in [0.3, 0.4) is 0 Å². The number of hydrogen-bond donors (Lipinski definition) is 2. The van der Waals surface area contributed by atoms with Crippen molar-refractivity contribution >= 4 is 34.8 Å². The molecule has 4 N–H and O–H groups in total. The molecule has 106 valence electrons. The Morgan fingerprint density at radius 3 is 2.11 bits per heavy atom. The summed E-state index contributed by atoms with van der Waals surface area (Å²) in [7, 11) is 0. The van der Waals surface area contributed by atoms with Gasteiger partial charge in [-0.3, -0.25) is 0 Å². The molecular formula is C13H20N2O2S2. The SMILES string of the molecule is CCCCOC(N)=S.NC(=S)OCc1ccccc1. The monoisotopic (exact) mass is 300 g/mol. The van der Waals surface area contributed by atoms with E-state index in [2.05, 4.69) is 31.4 Å². The van der Waals surface area contributed by atoms with Crippen molar-refractivity contribution < 1.29 is 9.47 Å². The van der Waals surface area contributed by atoms with Crippen molar-refractivity contribution in [1.82, 2.24) is 0 Å². The Labute approximate surface area is 125 Å². The molecule has 1 aromatic carbocycles. The summed E-state index contributed by atoms with van der Waals surface area (Å²) in [5.41, 5.74) is 11.3. The minimum atomic E-state index is 0.0915. The van der Waals surface area contributed by atoms with Gasteiger partial charge >= 0.3 is 0 Å². The molecule has 0 atom stereocenters. The highest BCUT2D eigenvalue weighted by Gasteiger charge is 1.91. The van der Waals surface area contributed by atoms with Gasteiger partial charge in [0.2, 0.25) is 0 Å². The Balaban J connectivity index is 0.000000362. The molecule has 0 aromatic heterocycles. The third-order valence-electron chi connectivity index (χ3n) is 1.97. The second-order valence-corrected chi connectivity index (χ2v) is 4.42. The first kappa shape index (κ1) is 17.6. The fourth-order valence-electron chi connectivity index (χ4n) is 1.05. The van der Waals surface area contributed by atoms with Gasteiger partial charge in [0.05, 0.1) is 6.61 Å². The number of ether oxygens (including phenoxy) is 2. The lowest BCUT2D eigenvalue weighted by molar-refractivity contribution is 0.296. The molecule has 0 aliphatic carbocycles. The van der Waals surface area contributed by atoms with Gasteiger partial charge < -0.3 is 20.9 Å². The molecule has 1 rings (SSSR count). The minimum absolute atomic E-state index is 0.0915. The summed E-state index contributed by atoms with van der Waals surface area (Å²) in [6, 6.07) is 9.75. The first-order chi connectivity index (χ1) is 9.06. The first-order valence-electron chi connectivity index (χ1n) is 5.94. The Hall–Kier alpha value is -1.40. The van der Waals surface area contributed by atoms with Crippen molar-refractivity contribution in [2.75, 3.05) is 6.61 Å². The summed E-state index contributed by atoms with van der Waals surface area (Å²) >= 11 is 9.01.